The monoisotopic (exact) mass is 383 g/mol. The second-order valence-electron chi connectivity index (χ2n) is 6.97. The largest absolute Gasteiger partial charge is 0.346 e. The maximum atomic E-state index is 12.9. The molecule has 0 bridgehead atoms. The molecule has 1 aromatic heterocycles. The lowest BCUT2D eigenvalue weighted by Crippen LogP contribution is -2.26. The molecule has 5 heteroatoms. The minimum Gasteiger partial charge on any atom is -0.346 e. The van der Waals surface area contributed by atoms with Crippen LogP contribution in [0, 0.1) is 6.92 Å². The first-order valence-corrected chi connectivity index (χ1v) is 9.49. The zero-order chi connectivity index (χ0) is 20.4. The van der Waals surface area contributed by atoms with Gasteiger partial charge in [-0.05, 0) is 55.8 Å². The van der Waals surface area contributed by atoms with Gasteiger partial charge in [-0.1, -0.05) is 42.5 Å². The van der Waals surface area contributed by atoms with Crippen LogP contribution in [-0.2, 0) is 0 Å². The molecule has 5 nitrogen and oxygen atoms in total. The van der Waals surface area contributed by atoms with Crippen LogP contribution in [0.3, 0.4) is 0 Å². The number of amides is 1. The number of hydrogen-bond acceptors (Lipinski definition) is 3. The number of nitrogens with one attached hydrogen (secondary N) is 1. The van der Waals surface area contributed by atoms with E-state index in [4.69, 9.17) is 0 Å². The summed E-state index contributed by atoms with van der Waals surface area (Å²) in [7, 11) is 0. The van der Waals surface area contributed by atoms with Gasteiger partial charge >= 0.3 is 0 Å². The molecule has 1 heterocycles. The third-order valence-electron chi connectivity index (χ3n) is 4.98. The molecule has 0 aliphatic carbocycles. The van der Waals surface area contributed by atoms with Crippen molar-refractivity contribution in [3.05, 3.63) is 106 Å². The summed E-state index contributed by atoms with van der Waals surface area (Å²) in [5, 5.41) is 3.57. The van der Waals surface area contributed by atoms with Crippen LogP contribution in [0.5, 0.6) is 0 Å². The number of hydrogen-bond donors (Lipinski definition) is 1. The zero-order valence-electron chi connectivity index (χ0n) is 16.3. The van der Waals surface area contributed by atoms with Crippen molar-refractivity contribution < 1.29 is 4.79 Å². The Bertz CT molecular complexity index is 1230. The standard InChI is InChI=1S/C24H21N3O2/c1-16(18-8-4-3-5-9-18)25-23(28)19-12-14-20(15-13-19)27-17(2)26-22-11-7-6-10-21(22)24(27)29/h3-16H,1-2H3,(H,25,28). The fraction of sp³-hybridized carbons (Fsp3) is 0.125. The average molecular weight is 383 g/mol. The molecule has 1 N–H and O–H groups in total. The number of carbonyl (C=O) groups is 1. The molecule has 1 amide bonds. The van der Waals surface area contributed by atoms with Gasteiger partial charge in [-0.25, -0.2) is 4.98 Å². The molecule has 0 radical (unpaired) electrons. The molecule has 144 valence electrons. The maximum Gasteiger partial charge on any atom is 0.265 e. The summed E-state index contributed by atoms with van der Waals surface area (Å²) < 4.78 is 1.57. The predicted octanol–water partition coefficient (Wildman–Crippen LogP) is 4.19. The van der Waals surface area contributed by atoms with Gasteiger partial charge in [0.05, 0.1) is 22.6 Å². The molecule has 0 saturated carbocycles. The Labute approximate surface area is 168 Å². The van der Waals surface area contributed by atoms with Gasteiger partial charge in [0.15, 0.2) is 0 Å². The molecule has 0 fully saturated rings. The molecule has 0 spiro atoms. The highest BCUT2D eigenvalue weighted by Crippen LogP contribution is 2.15. The first-order chi connectivity index (χ1) is 14.0. The SMILES string of the molecule is Cc1nc2ccccc2c(=O)n1-c1ccc(C(=O)NC(C)c2ccccc2)cc1. The Morgan fingerprint density at radius 2 is 1.59 bits per heavy atom. The highest BCUT2D eigenvalue weighted by atomic mass is 16.1. The molecule has 0 saturated heterocycles. The van der Waals surface area contributed by atoms with Crippen molar-refractivity contribution in [2.45, 2.75) is 19.9 Å². The molecule has 1 atom stereocenters. The Morgan fingerprint density at radius 1 is 0.931 bits per heavy atom. The number of carbonyl (C=O) groups excluding carboxylic acids is 1. The fourth-order valence-corrected chi connectivity index (χ4v) is 3.41. The lowest BCUT2D eigenvalue weighted by atomic mass is 10.1. The Morgan fingerprint density at radius 3 is 2.31 bits per heavy atom. The first kappa shape index (κ1) is 18.6. The molecule has 0 aliphatic heterocycles. The second kappa shape index (κ2) is 7.72. The van der Waals surface area contributed by atoms with E-state index in [9.17, 15) is 9.59 Å². The smallest absolute Gasteiger partial charge is 0.265 e. The van der Waals surface area contributed by atoms with Crippen LogP contribution in [0.25, 0.3) is 16.6 Å². The van der Waals surface area contributed by atoms with E-state index in [0.717, 1.165) is 5.56 Å². The van der Waals surface area contributed by atoms with E-state index >= 15 is 0 Å². The van der Waals surface area contributed by atoms with Crippen LogP contribution < -0.4 is 10.9 Å². The summed E-state index contributed by atoms with van der Waals surface area (Å²) in [5.41, 5.74) is 2.82. The Balaban J connectivity index is 1.61. The molecule has 0 aliphatic rings. The number of rotatable bonds is 4. The van der Waals surface area contributed by atoms with Gasteiger partial charge in [0.1, 0.15) is 5.82 Å². The van der Waals surface area contributed by atoms with Crippen molar-refractivity contribution in [1.29, 1.82) is 0 Å². The molecule has 4 aromatic rings. The quantitative estimate of drug-likeness (QED) is 0.575. The summed E-state index contributed by atoms with van der Waals surface area (Å²) in [5.74, 6) is 0.442. The minimum atomic E-state index is -0.159. The van der Waals surface area contributed by atoms with Gasteiger partial charge in [-0.15, -0.1) is 0 Å². The highest BCUT2D eigenvalue weighted by Gasteiger charge is 2.13. The number of benzene rings is 3. The topological polar surface area (TPSA) is 64.0 Å². The van der Waals surface area contributed by atoms with E-state index < -0.39 is 0 Å². The lowest BCUT2D eigenvalue weighted by Gasteiger charge is -2.15. The van der Waals surface area contributed by atoms with Crippen molar-refractivity contribution in [3.8, 4) is 5.69 Å². The fourth-order valence-electron chi connectivity index (χ4n) is 3.41. The predicted molar refractivity (Wildman–Crippen MR) is 114 cm³/mol. The van der Waals surface area contributed by atoms with Gasteiger partial charge in [-0.3, -0.25) is 14.2 Å². The minimum absolute atomic E-state index is 0.0991. The van der Waals surface area contributed by atoms with Crippen LogP contribution in [0.15, 0.2) is 83.7 Å². The molecular weight excluding hydrogens is 362 g/mol. The summed E-state index contributed by atoms with van der Waals surface area (Å²) >= 11 is 0. The number of nitrogens with zero attached hydrogens (tertiary/aromatic N) is 2. The number of aryl methyl sites for hydroxylation is 1. The lowest BCUT2D eigenvalue weighted by molar-refractivity contribution is 0.0940. The molecular formula is C24H21N3O2. The second-order valence-corrected chi connectivity index (χ2v) is 6.97. The molecule has 29 heavy (non-hydrogen) atoms. The third kappa shape index (κ3) is 3.67. The van der Waals surface area contributed by atoms with Crippen molar-refractivity contribution in [2.75, 3.05) is 0 Å². The van der Waals surface area contributed by atoms with Gasteiger partial charge in [0.25, 0.3) is 11.5 Å². The van der Waals surface area contributed by atoms with Gasteiger partial charge in [0.2, 0.25) is 0 Å². The van der Waals surface area contributed by atoms with Crippen LogP contribution in [-0.4, -0.2) is 15.5 Å². The van der Waals surface area contributed by atoms with Crippen molar-refractivity contribution in [3.63, 3.8) is 0 Å². The van der Waals surface area contributed by atoms with Crippen LogP contribution in [0.2, 0.25) is 0 Å². The number of fused-ring (bicyclic) bond motifs is 1. The van der Waals surface area contributed by atoms with Crippen LogP contribution >= 0.6 is 0 Å². The van der Waals surface area contributed by atoms with Gasteiger partial charge in [0, 0.05) is 5.56 Å². The van der Waals surface area contributed by atoms with E-state index in [1.807, 2.05) is 55.5 Å². The number of para-hydroxylation sites is 1. The summed E-state index contributed by atoms with van der Waals surface area (Å²) in [6.45, 7) is 3.75. The van der Waals surface area contributed by atoms with Gasteiger partial charge in [-0.2, -0.15) is 0 Å². The third-order valence-corrected chi connectivity index (χ3v) is 4.98. The average Bonchev–Trinajstić information content (AvgIpc) is 2.75. The van der Waals surface area contributed by atoms with E-state index in [-0.39, 0.29) is 17.5 Å². The van der Waals surface area contributed by atoms with Crippen molar-refractivity contribution in [1.82, 2.24) is 14.9 Å². The number of aromatic nitrogens is 2. The zero-order valence-corrected chi connectivity index (χ0v) is 16.3. The Kier molecular flexibility index (Phi) is 4.96. The Hall–Kier alpha value is -3.73. The van der Waals surface area contributed by atoms with Crippen molar-refractivity contribution >= 4 is 16.8 Å². The summed E-state index contributed by atoms with van der Waals surface area (Å²) in [4.78, 5) is 30.0. The van der Waals surface area contributed by atoms with E-state index in [0.29, 0.717) is 28.0 Å². The van der Waals surface area contributed by atoms with E-state index in [1.54, 1.807) is 41.8 Å². The molecule has 4 rings (SSSR count). The summed E-state index contributed by atoms with van der Waals surface area (Å²) in [6, 6.07) is 24.0. The normalized spacial score (nSPS) is 11.9. The van der Waals surface area contributed by atoms with Gasteiger partial charge < -0.3 is 5.32 Å². The van der Waals surface area contributed by atoms with Crippen LogP contribution in [0.4, 0.5) is 0 Å². The van der Waals surface area contributed by atoms with E-state index in [1.165, 1.54) is 0 Å². The van der Waals surface area contributed by atoms with Crippen molar-refractivity contribution in [2.24, 2.45) is 0 Å². The highest BCUT2D eigenvalue weighted by molar-refractivity contribution is 5.94. The van der Waals surface area contributed by atoms with Crippen LogP contribution in [0.1, 0.15) is 34.7 Å². The van der Waals surface area contributed by atoms with E-state index in [2.05, 4.69) is 10.3 Å². The molecule has 3 aromatic carbocycles. The maximum absolute atomic E-state index is 12.9. The summed E-state index contributed by atoms with van der Waals surface area (Å²) in [6.07, 6.45) is 0. The first-order valence-electron chi connectivity index (χ1n) is 9.49. The molecule has 1 unspecified atom stereocenters.